The summed E-state index contributed by atoms with van der Waals surface area (Å²) in [4.78, 5) is 24.3. The van der Waals surface area contributed by atoms with E-state index in [0.717, 1.165) is 37.7 Å². The van der Waals surface area contributed by atoms with Crippen LogP contribution in [0, 0.1) is 34.5 Å². The monoisotopic (exact) mass is 404 g/mol. The first kappa shape index (κ1) is 21.0. The molecule has 0 bridgehead atoms. The molecular weight excluding hydrogens is 368 g/mol. The third-order valence-corrected chi connectivity index (χ3v) is 9.45. The van der Waals surface area contributed by atoms with Gasteiger partial charge in [-0.15, -0.1) is 0 Å². The summed E-state index contributed by atoms with van der Waals surface area (Å²) in [6.45, 7) is 6.41. The largest absolute Gasteiger partial charge is 0.481 e. The van der Waals surface area contributed by atoms with Gasteiger partial charge >= 0.3 is 5.97 Å². The molecule has 0 aromatic rings. The number of carbonyl (C=O) groups is 2. The maximum Gasteiger partial charge on any atom is 0.303 e. The van der Waals surface area contributed by atoms with Crippen LogP contribution in [-0.4, -0.2) is 39.3 Å². The van der Waals surface area contributed by atoms with Crippen molar-refractivity contribution in [1.82, 2.24) is 0 Å². The number of fused-ring (bicyclic) bond motifs is 4. The Hall–Kier alpha value is -1.20. The minimum Gasteiger partial charge on any atom is -0.481 e. The third kappa shape index (κ3) is 3.11. The van der Waals surface area contributed by atoms with Gasteiger partial charge in [-0.3, -0.25) is 9.59 Å². The number of aliphatic hydroxyl groups is 2. The van der Waals surface area contributed by atoms with Gasteiger partial charge in [-0.2, -0.15) is 0 Å². The summed E-state index contributed by atoms with van der Waals surface area (Å²) >= 11 is 0. The number of aliphatic carboxylic acids is 1. The number of hydrogen-bond acceptors (Lipinski definition) is 4. The molecule has 4 aliphatic rings. The molecule has 0 spiro atoms. The summed E-state index contributed by atoms with van der Waals surface area (Å²) < 4.78 is 0. The normalized spacial score (nSPS) is 45.4. The Morgan fingerprint density at radius 2 is 1.93 bits per heavy atom. The summed E-state index contributed by atoms with van der Waals surface area (Å²) in [6.07, 6.45) is 5.50. The van der Waals surface area contributed by atoms with E-state index < -0.39 is 17.5 Å². The maximum atomic E-state index is 13.3. The molecule has 4 rings (SSSR count). The van der Waals surface area contributed by atoms with Crippen LogP contribution in [0.4, 0.5) is 0 Å². The van der Waals surface area contributed by atoms with Crippen molar-refractivity contribution in [2.75, 3.05) is 0 Å². The van der Waals surface area contributed by atoms with Crippen molar-refractivity contribution in [2.24, 2.45) is 34.5 Å². The highest BCUT2D eigenvalue weighted by molar-refractivity contribution is 6.01. The van der Waals surface area contributed by atoms with Crippen molar-refractivity contribution in [2.45, 2.75) is 90.8 Å². The molecule has 0 heterocycles. The minimum atomic E-state index is -0.806. The molecule has 0 amide bonds. The Balaban J connectivity index is 1.70. The Morgan fingerprint density at radius 3 is 2.62 bits per heavy atom. The predicted octanol–water partition coefficient (Wildman–Crippen LogP) is 3.72. The van der Waals surface area contributed by atoms with Crippen molar-refractivity contribution in [3.05, 3.63) is 11.1 Å². The van der Waals surface area contributed by atoms with Crippen LogP contribution in [0.25, 0.3) is 0 Å². The summed E-state index contributed by atoms with van der Waals surface area (Å²) in [5.41, 5.74) is 1.67. The smallest absolute Gasteiger partial charge is 0.303 e. The molecule has 5 nitrogen and oxygen atoms in total. The molecule has 3 saturated carbocycles. The van der Waals surface area contributed by atoms with Crippen LogP contribution in [0.1, 0.15) is 78.6 Å². The minimum absolute atomic E-state index is 0.00603. The van der Waals surface area contributed by atoms with Gasteiger partial charge in [0.15, 0.2) is 5.78 Å². The molecule has 0 aliphatic heterocycles. The molecule has 3 N–H and O–H groups in total. The van der Waals surface area contributed by atoms with E-state index in [-0.39, 0.29) is 41.5 Å². The average Bonchev–Trinajstić information content (AvgIpc) is 2.94. The average molecular weight is 405 g/mol. The Morgan fingerprint density at radius 1 is 1.21 bits per heavy atom. The van der Waals surface area contributed by atoms with Gasteiger partial charge in [0, 0.05) is 23.8 Å². The van der Waals surface area contributed by atoms with Crippen molar-refractivity contribution < 1.29 is 24.9 Å². The summed E-state index contributed by atoms with van der Waals surface area (Å²) in [6, 6.07) is 0. The van der Waals surface area contributed by atoms with Crippen molar-refractivity contribution >= 4 is 11.8 Å². The fraction of sp³-hybridized carbons (Fsp3) is 0.833. The first-order chi connectivity index (χ1) is 13.6. The first-order valence-electron chi connectivity index (χ1n) is 11.4. The number of Topliss-reactive ketones (excluding diaryl/α,β-unsaturated/α-hetero) is 1. The van der Waals surface area contributed by atoms with Crippen LogP contribution < -0.4 is 0 Å². The zero-order chi connectivity index (χ0) is 21.1. The molecule has 0 unspecified atom stereocenters. The number of ketones is 1. The third-order valence-electron chi connectivity index (χ3n) is 9.45. The van der Waals surface area contributed by atoms with Crippen molar-refractivity contribution in [1.29, 1.82) is 0 Å². The molecule has 4 aliphatic carbocycles. The van der Waals surface area contributed by atoms with Gasteiger partial charge in [0.2, 0.25) is 0 Å². The van der Waals surface area contributed by atoms with Crippen LogP contribution in [0.3, 0.4) is 0 Å². The molecule has 3 fully saturated rings. The molecule has 0 saturated heterocycles. The van der Waals surface area contributed by atoms with Crippen LogP contribution in [0.2, 0.25) is 0 Å². The highest BCUT2D eigenvalue weighted by Gasteiger charge is 2.61. The molecule has 0 aromatic heterocycles. The number of hydrogen-bond donors (Lipinski definition) is 3. The zero-order valence-corrected chi connectivity index (χ0v) is 18.0. The topological polar surface area (TPSA) is 94.8 Å². The molecular formula is C24H36O5. The number of allylic oxidation sites excluding steroid dienone is 1. The Labute approximate surface area is 173 Å². The van der Waals surface area contributed by atoms with E-state index in [9.17, 15) is 19.8 Å². The summed E-state index contributed by atoms with van der Waals surface area (Å²) in [7, 11) is 0. The number of carboxylic acid groups (broad SMARTS) is 1. The van der Waals surface area contributed by atoms with Gasteiger partial charge in [-0.25, -0.2) is 0 Å². The Kier molecular flexibility index (Phi) is 5.22. The van der Waals surface area contributed by atoms with Gasteiger partial charge in [-0.05, 0) is 74.0 Å². The van der Waals surface area contributed by atoms with E-state index in [4.69, 9.17) is 5.11 Å². The molecule has 8 atom stereocenters. The lowest BCUT2D eigenvalue weighted by Crippen LogP contribution is -2.52. The number of carboxylic acids is 1. The number of rotatable bonds is 4. The molecule has 0 radical (unpaired) electrons. The standard InChI is InChI=1S/C24H36O5/c1-13(4-7-21(28)29)17-11-19(26)22-16-6-5-14-10-15(25)8-9-23(14,2)18(16)12-20(27)24(17,22)3/h13-15,17-18,20,25,27H,4-12H2,1-3H3,(H,28,29)/t13-,14-,15-,17-,18+,20+,23+,24+/m1/s1. The van der Waals surface area contributed by atoms with E-state index in [0.29, 0.717) is 25.2 Å². The Bertz CT molecular complexity index is 742. The number of carbonyl (C=O) groups excluding carboxylic acids is 1. The second kappa shape index (κ2) is 7.19. The van der Waals surface area contributed by atoms with E-state index in [1.54, 1.807) is 0 Å². The van der Waals surface area contributed by atoms with E-state index in [1.165, 1.54) is 5.57 Å². The van der Waals surface area contributed by atoms with Gasteiger partial charge in [0.25, 0.3) is 0 Å². The maximum absolute atomic E-state index is 13.3. The molecule has 0 aromatic carbocycles. The lowest BCUT2D eigenvalue weighted by Gasteiger charge is -2.57. The van der Waals surface area contributed by atoms with Gasteiger partial charge in [0.1, 0.15) is 0 Å². The predicted molar refractivity (Wildman–Crippen MR) is 109 cm³/mol. The van der Waals surface area contributed by atoms with Crippen molar-refractivity contribution in [3.8, 4) is 0 Å². The zero-order valence-electron chi connectivity index (χ0n) is 18.0. The quantitative estimate of drug-likeness (QED) is 0.664. The lowest BCUT2D eigenvalue weighted by atomic mass is 9.48. The van der Waals surface area contributed by atoms with Crippen molar-refractivity contribution in [3.63, 3.8) is 0 Å². The van der Waals surface area contributed by atoms with E-state index in [2.05, 4.69) is 13.8 Å². The first-order valence-corrected chi connectivity index (χ1v) is 11.4. The molecule has 5 heteroatoms. The van der Waals surface area contributed by atoms with Crippen LogP contribution >= 0.6 is 0 Å². The second-order valence-corrected chi connectivity index (χ2v) is 10.8. The van der Waals surface area contributed by atoms with E-state index in [1.807, 2.05) is 6.92 Å². The highest BCUT2D eigenvalue weighted by atomic mass is 16.4. The fourth-order valence-electron chi connectivity index (χ4n) is 7.67. The van der Waals surface area contributed by atoms with Crippen LogP contribution in [-0.2, 0) is 9.59 Å². The van der Waals surface area contributed by atoms with E-state index >= 15 is 0 Å². The molecule has 162 valence electrons. The molecule has 29 heavy (non-hydrogen) atoms. The van der Waals surface area contributed by atoms with Gasteiger partial charge < -0.3 is 15.3 Å². The van der Waals surface area contributed by atoms with Gasteiger partial charge in [0.05, 0.1) is 12.2 Å². The van der Waals surface area contributed by atoms with Gasteiger partial charge in [-0.1, -0.05) is 26.3 Å². The number of aliphatic hydroxyl groups excluding tert-OH is 2. The van der Waals surface area contributed by atoms with Crippen LogP contribution in [0.15, 0.2) is 11.1 Å². The SMILES string of the molecule is C[C@H](CCC(=O)O)[C@H]1CC(=O)C2=C3CC[C@@H]4C[C@H](O)CC[C@]4(C)[C@H]3C[C@H](O)[C@@]21C. The second-order valence-electron chi connectivity index (χ2n) is 10.8. The fourth-order valence-corrected chi connectivity index (χ4v) is 7.67. The summed E-state index contributed by atoms with van der Waals surface area (Å²) in [5, 5.41) is 30.6. The summed E-state index contributed by atoms with van der Waals surface area (Å²) in [5.74, 6) is 0.145. The lowest BCUT2D eigenvalue weighted by molar-refractivity contribution is -0.137. The van der Waals surface area contributed by atoms with Crippen LogP contribution in [0.5, 0.6) is 0 Å². The highest BCUT2D eigenvalue weighted by Crippen LogP contribution is 2.65.